The van der Waals surface area contributed by atoms with Crippen molar-refractivity contribution >= 4 is 27.9 Å². The number of para-hydroxylation sites is 1. The Kier molecular flexibility index (Phi) is 5.52. The van der Waals surface area contributed by atoms with Gasteiger partial charge in [0, 0.05) is 12.5 Å². The van der Waals surface area contributed by atoms with Crippen LogP contribution in [0.2, 0.25) is 0 Å². The van der Waals surface area contributed by atoms with Gasteiger partial charge in [-0.1, -0.05) is 60.7 Å². The van der Waals surface area contributed by atoms with Gasteiger partial charge in [-0.15, -0.1) is 17.0 Å². The van der Waals surface area contributed by atoms with E-state index in [1.165, 1.54) is 11.1 Å². The van der Waals surface area contributed by atoms with Crippen LogP contribution in [0.5, 0.6) is 0 Å². The van der Waals surface area contributed by atoms with Crippen molar-refractivity contribution in [2.45, 2.75) is 25.3 Å². The van der Waals surface area contributed by atoms with E-state index < -0.39 is 0 Å². The van der Waals surface area contributed by atoms with E-state index in [-0.39, 0.29) is 28.5 Å². The SMILES string of the molecule is Br.N#CCc1ccccc1CC1c2ccccc2Cn2c1nc(=O)c1ccccc12. The predicted molar refractivity (Wildman–Crippen MR) is 123 cm³/mol. The second kappa shape index (κ2) is 8.25. The fourth-order valence-electron chi connectivity index (χ4n) is 4.43. The Balaban J connectivity index is 0.00000218. The highest BCUT2D eigenvalue weighted by atomic mass is 79.9. The number of hydrogen-bond donors (Lipinski definition) is 0. The maximum absolute atomic E-state index is 12.8. The number of nitriles is 1. The van der Waals surface area contributed by atoms with Gasteiger partial charge in [-0.25, -0.2) is 0 Å². The summed E-state index contributed by atoms with van der Waals surface area (Å²) in [4.78, 5) is 17.3. The Morgan fingerprint density at radius 3 is 2.50 bits per heavy atom. The summed E-state index contributed by atoms with van der Waals surface area (Å²) in [6, 6.07) is 26.4. The molecule has 4 aromatic rings. The summed E-state index contributed by atoms with van der Waals surface area (Å²) in [5.41, 5.74) is 5.37. The van der Waals surface area contributed by atoms with E-state index in [0.717, 1.165) is 22.5 Å². The van der Waals surface area contributed by atoms with Crippen LogP contribution in [0, 0.1) is 11.3 Å². The van der Waals surface area contributed by atoms with Crippen LogP contribution in [0.4, 0.5) is 0 Å². The molecule has 0 radical (unpaired) electrons. The van der Waals surface area contributed by atoms with Gasteiger partial charge in [0.1, 0.15) is 5.82 Å². The molecule has 0 bridgehead atoms. The van der Waals surface area contributed by atoms with Crippen molar-refractivity contribution in [2.75, 3.05) is 0 Å². The minimum Gasteiger partial charge on any atom is -0.324 e. The van der Waals surface area contributed by atoms with Crippen molar-refractivity contribution in [2.24, 2.45) is 0 Å². The zero-order valence-electron chi connectivity index (χ0n) is 16.3. The molecule has 2 heterocycles. The second-order valence-corrected chi connectivity index (χ2v) is 7.44. The molecule has 0 N–H and O–H groups in total. The number of benzene rings is 3. The quantitative estimate of drug-likeness (QED) is 0.444. The van der Waals surface area contributed by atoms with E-state index in [1.54, 1.807) is 0 Å². The minimum atomic E-state index is -0.179. The van der Waals surface area contributed by atoms with Gasteiger partial charge < -0.3 is 4.57 Å². The van der Waals surface area contributed by atoms with Gasteiger partial charge in [0.05, 0.1) is 23.4 Å². The Bertz CT molecular complexity index is 1340. The van der Waals surface area contributed by atoms with Crippen LogP contribution >= 0.6 is 17.0 Å². The van der Waals surface area contributed by atoms with Crippen LogP contribution in [-0.2, 0) is 19.4 Å². The molecule has 0 amide bonds. The summed E-state index contributed by atoms with van der Waals surface area (Å²) < 4.78 is 2.18. The molecule has 1 unspecified atom stereocenters. The molecule has 0 fully saturated rings. The van der Waals surface area contributed by atoms with Gasteiger partial charge in [0.15, 0.2) is 0 Å². The van der Waals surface area contributed by atoms with E-state index in [0.29, 0.717) is 24.8 Å². The van der Waals surface area contributed by atoms with Gasteiger partial charge in [-0.05, 0) is 40.8 Å². The normalized spacial score (nSPS) is 14.3. The number of hydrogen-bond acceptors (Lipinski definition) is 3. The number of nitrogens with zero attached hydrogens (tertiary/aromatic N) is 3. The monoisotopic (exact) mass is 457 g/mol. The maximum atomic E-state index is 12.8. The maximum Gasteiger partial charge on any atom is 0.280 e. The van der Waals surface area contributed by atoms with E-state index in [1.807, 2.05) is 48.5 Å². The summed E-state index contributed by atoms with van der Waals surface area (Å²) in [5, 5.41) is 9.86. The van der Waals surface area contributed by atoms with Crippen LogP contribution < -0.4 is 5.56 Å². The minimum absolute atomic E-state index is 0. The Morgan fingerprint density at radius 2 is 1.67 bits per heavy atom. The number of halogens is 1. The summed E-state index contributed by atoms with van der Waals surface area (Å²) in [6.45, 7) is 0.704. The first-order valence-electron chi connectivity index (χ1n) is 9.77. The fourth-order valence-corrected chi connectivity index (χ4v) is 4.43. The first-order valence-corrected chi connectivity index (χ1v) is 9.77. The summed E-state index contributed by atoms with van der Waals surface area (Å²) in [5.74, 6) is 0.774. The molecule has 5 rings (SSSR count). The molecular formula is C25H20BrN3O. The number of rotatable bonds is 3. The van der Waals surface area contributed by atoms with Crippen molar-refractivity contribution in [1.29, 1.82) is 5.26 Å². The van der Waals surface area contributed by atoms with Crippen molar-refractivity contribution in [3.63, 3.8) is 0 Å². The molecule has 1 aromatic heterocycles. The highest BCUT2D eigenvalue weighted by molar-refractivity contribution is 8.93. The molecule has 0 aliphatic carbocycles. The molecule has 148 valence electrons. The summed E-state index contributed by atoms with van der Waals surface area (Å²) >= 11 is 0. The lowest BCUT2D eigenvalue weighted by Gasteiger charge is -2.30. The first kappa shape index (κ1) is 20.1. The standard InChI is InChI=1S/C25H19N3O.BrH/c26-14-13-17-7-1-2-8-18(17)15-22-20-10-4-3-9-19(20)16-28-23-12-6-5-11-21(23)25(29)27-24(22)28;/h1-12,22H,13,15-16H2;1H. The molecule has 0 saturated carbocycles. The average molecular weight is 458 g/mol. The summed E-state index contributed by atoms with van der Waals surface area (Å²) in [6.07, 6.45) is 1.09. The van der Waals surface area contributed by atoms with Crippen LogP contribution in [-0.4, -0.2) is 9.55 Å². The molecule has 4 nitrogen and oxygen atoms in total. The van der Waals surface area contributed by atoms with Crippen LogP contribution in [0.15, 0.2) is 77.6 Å². The van der Waals surface area contributed by atoms with Crippen molar-refractivity contribution < 1.29 is 0 Å². The van der Waals surface area contributed by atoms with E-state index >= 15 is 0 Å². The third-order valence-electron chi connectivity index (χ3n) is 5.80. The number of fused-ring (bicyclic) bond motifs is 4. The van der Waals surface area contributed by atoms with Gasteiger partial charge in [-0.3, -0.25) is 4.79 Å². The molecule has 0 spiro atoms. The zero-order chi connectivity index (χ0) is 19.8. The van der Waals surface area contributed by atoms with E-state index in [9.17, 15) is 10.1 Å². The Morgan fingerprint density at radius 1 is 0.967 bits per heavy atom. The molecule has 1 atom stereocenters. The molecule has 1 aliphatic heterocycles. The van der Waals surface area contributed by atoms with Gasteiger partial charge in [-0.2, -0.15) is 10.2 Å². The lowest BCUT2D eigenvalue weighted by atomic mass is 9.84. The molecular weight excluding hydrogens is 438 g/mol. The first-order chi connectivity index (χ1) is 14.3. The lowest BCUT2D eigenvalue weighted by Crippen LogP contribution is -2.28. The average Bonchev–Trinajstić information content (AvgIpc) is 2.76. The molecule has 1 aliphatic rings. The topological polar surface area (TPSA) is 58.7 Å². The molecule has 3 aromatic carbocycles. The van der Waals surface area contributed by atoms with Crippen molar-refractivity contribution in [3.8, 4) is 6.07 Å². The van der Waals surface area contributed by atoms with Crippen LogP contribution in [0.3, 0.4) is 0 Å². The molecule has 0 saturated heterocycles. The van der Waals surface area contributed by atoms with Crippen LogP contribution in [0.1, 0.15) is 34.0 Å². The van der Waals surface area contributed by atoms with Gasteiger partial charge >= 0.3 is 0 Å². The highest BCUT2D eigenvalue weighted by Gasteiger charge is 2.29. The largest absolute Gasteiger partial charge is 0.324 e. The van der Waals surface area contributed by atoms with Gasteiger partial charge in [0.2, 0.25) is 0 Å². The predicted octanol–water partition coefficient (Wildman–Crippen LogP) is 4.78. The molecule has 30 heavy (non-hydrogen) atoms. The summed E-state index contributed by atoms with van der Waals surface area (Å²) in [7, 11) is 0. The van der Waals surface area contributed by atoms with Crippen molar-refractivity contribution in [1.82, 2.24) is 9.55 Å². The van der Waals surface area contributed by atoms with E-state index in [2.05, 4.69) is 39.9 Å². The Labute approximate surface area is 185 Å². The van der Waals surface area contributed by atoms with Crippen LogP contribution in [0.25, 0.3) is 10.9 Å². The third kappa shape index (κ3) is 3.34. The Hall–Kier alpha value is -3.23. The smallest absolute Gasteiger partial charge is 0.280 e. The molecule has 5 heteroatoms. The number of aromatic nitrogens is 2. The van der Waals surface area contributed by atoms with Gasteiger partial charge in [0.25, 0.3) is 5.56 Å². The lowest BCUT2D eigenvalue weighted by molar-refractivity contribution is 0.602. The highest BCUT2D eigenvalue weighted by Crippen LogP contribution is 2.36. The third-order valence-corrected chi connectivity index (χ3v) is 5.80. The van der Waals surface area contributed by atoms with E-state index in [4.69, 9.17) is 0 Å². The fraction of sp³-hybridized carbons (Fsp3) is 0.160. The zero-order valence-corrected chi connectivity index (χ0v) is 18.0. The second-order valence-electron chi connectivity index (χ2n) is 7.44. The van der Waals surface area contributed by atoms with Crippen molar-refractivity contribution in [3.05, 3.63) is 111 Å².